The molecule has 0 aliphatic heterocycles. The SMILES string of the molecule is COc1ccc(-n2c(Sc3nc(-c4ccccc4)ns3)nnc2-c2cnccn2)cc1. The first-order valence-electron chi connectivity index (χ1n) is 9.25. The fraction of sp³-hybridized carbons (Fsp3) is 0.0476. The van der Waals surface area contributed by atoms with Crippen molar-refractivity contribution in [2.45, 2.75) is 9.50 Å². The van der Waals surface area contributed by atoms with E-state index >= 15 is 0 Å². The van der Waals surface area contributed by atoms with Gasteiger partial charge in [-0.15, -0.1) is 10.2 Å². The average molecular weight is 446 g/mol. The number of methoxy groups -OCH3 is 1. The fourth-order valence-corrected chi connectivity index (χ4v) is 4.49. The minimum atomic E-state index is 0.591. The highest BCUT2D eigenvalue weighted by atomic mass is 32.2. The monoisotopic (exact) mass is 445 g/mol. The molecule has 0 spiro atoms. The Bertz CT molecular complexity index is 1290. The summed E-state index contributed by atoms with van der Waals surface area (Å²) in [4.78, 5) is 13.2. The maximum atomic E-state index is 5.29. The number of benzene rings is 2. The molecule has 152 valence electrons. The molecule has 0 bridgehead atoms. The normalized spacial score (nSPS) is 10.9. The summed E-state index contributed by atoms with van der Waals surface area (Å²) in [5, 5.41) is 9.44. The molecule has 0 fully saturated rings. The molecule has 0 aliphatic rings. The summed E-state index contributed by atoms with van der Waals surface area (Å²) in [6.07, 6.45) is 4.92. The second kappa shape index (κ2) is 8.62. The fourth-order valence-electron chi connectivity index (χ4n) is 2.91. The number of aromatic nitrogens is 7. The number of ether oxygens (including phenoxy) is 1. The van der Waals surface area contributed by atoms with Crippen LogP contribution in [0, 0.1) is 0 Å². The molecule has 0 N–H and O–H groups in total. The van der Waals surface area contributed by atoms with Crippen LogP contribution in [0.15, 0.2) is 82.7 Å². The van der Waals surface area contributed by atoms with Crippen molar-refractivity contribution < 1.29 is 4.74 Å². The van der Waals surface area contributed by atoms with Crippen LogP contribution in [-0.2, 0) is 0 Å². The number of hydrogen-bond donors (Lipinski definition) is 0. The molecule has 2 aromatic carbocycles. The molecular weight excluding hydrogens is 430 g/mol. The molecule has 5 rings (SSSR count). The Morgan fingerprint density at radius 2 is 1.81 bits per heavy atom. The third-order valence-corrected chi connectivity index (χ3v) is 6.07. The van der Waals surface area contributed by atoms with Crippen LogP contribution >= 0.6 is 23.3 Å². The summed E-state index contributed by atoms with van der Waals surface area (Å²) in [5.41, 5.74) is 2.48. The zero-order chi connectivity index (χ0) is 21.0. The first-order chi connectivity index (χ1) is 15.3. The maximum absolute atomic E-state index is 5.29. The largest absolute Gasteiger partial charge is 0.497 e. The molecule has 3 heterocycles. The number of hydrogen-bond acceptors (Lipinski definition) is 9. The van der Waals surface area contributed by atoms with Gasteiger partial charge in [0.05, 0.1) is 19.0 Å². The average Bonchev–Trinajstić information content (AvgIpc) is 3.48. The molecule has 10 heteroatoms. The molecule has 0 saturated heterocycles. The Balaban J connectivity index is 1.54. The highest BCUT2D eigenvalue weighted by Gasteiger charge is 2.19. The van der Waals surface area contributed by atoms with Gasteiger partial charge < -0.3 is 4.74 Å². The van der Waals surface area contributed by atoms with E-state index in [1.165, 1.54) is 23.3 Å². The van der Waals surface area contributed by atoms with Gasteiger partial charge in [-0.25, -0.2) is 9.97 Å². The number of rotatable bonds is 6. The van der Waals surface area contributed by atoms with Crippen molar-refractivity contribution in [3.05, 3.63) is 73.2 Å². The van der Waals surface area contributed by atoms with Crippen LogP contribution in [0.4, 0.5) is 0 Å². The highest BCUT2D eigenvalue weighted by molar-refractivity contribution is 8.00. The van der Waals surface area contributed by atoms with Gasteiger partial charge in [0.15, 0.2) is 16.0 Å². The Morgan fingerprint density at radius 1 is 0.968 bits per heavy atom. The minimum Gasteiger partial charge on any atom is -0.497 e. The lowest BCUT2D eigenvalue weighted by atomic mass is 10.2. The van der Waals surface area contributed by atoms with Crippen molar-refractivity contribution in [1.29, 1.82) is 0 Å². The van der Waals surface area contributed by atoms with E-state index in [-0.39, 0.29) is 0 Å². The molecule has 0 aliphatic carbocycles. The predicted molar refractivity (Wildman–Crippen MR) is 118 cm³/mol. The van der Waals surface area contributed by atoms with Crippen LogP contribution < -0.4 is 4.74 Å². The topological polar surface area (TPSA) is 91.5 Å². The van der Waals surface area contributed by atoms with Gasteiger partial charge in [-0.3, -0.25) is 9.55 Å². The minimum absolute atomic E-state index is 0.591. The van der Waals surface area contributed by atoms with Crippen LogP contribution in [0.3, 0.4) is 0 Å². The van der Waals surface area contributed by atoms with E-state index in [4.69, 9.17) is 4.74 Å². The van der Waals surface area contributed by atoms with E-state index in [1.54, 1.807) is 25.7 Å². The van der Waals surface area contributed by atoms with Gasteiger partial charge in [-0.05, 0) is 47.6 Å². The Labute approximate surface area is 186 Å². The Hall–Kier alpha value is -3.63. The summed E-state index contributed by atoms with van der Waals surface area (Å²) in [6, 6.07) is 17.6. The zero-order valence-corrected chi connectivity index (χ0v) is 17.9. The molecule has 5 aromatic rings. The summed E-state index contributed by atoms with van der Waals surface area (Å²) in [5.74, 6) is 2.05. The van der Waals surface area contributed by atoms with Crippen LogP contribution in [0.5, 0.6) is 5.75 Å². The van der Waals surface area contributed by atoms with E-state index in [0.717, 1.165) is 21.3 Å². The van der Waals surface area contributed by atoms with Crippen LogP contribution in [0.1, 0.15) is 0 Å². The van der Waals surface area contributed by atoms with Crippen molar-refractivity contribution >= 4 is 23.3 Å². The molecular formula is C21H15N7OS2. The second-order valence-corrected chi connectivity index (χ2v) is 8.25. The number of nitrogens with zero attached hydrogens (tertiary/aromatic N) is 7. The van der Waals surface area contributed by atoms with Gasteiger partial charge in [-0.2, -0.15) is 4.37 Å². The van der Waals surface area contributed by atoms with Crippen molar-refractivity contribution in [3.63, 3.8) is 0 Å². The summed E-state index contributed by atoms with van der Waals surface area (Å²) < 4.78 is 12.5. The lowest BCUT2D eigenvalue weighted by molar-refractivity contribution is 0.414. The standard InChI is InChI=1S/C21H15N7OS2/c1-29-16-9-7-15(8-10-16)28-19(17-13-22-11-12-23-17)25-26-20(28)30-21-24-18(27-31-21)14-5-3-2-4-6-14/h2-13H,1H3. The van der Waals surface area contributed by atoms with Crippen molar-refractivity contribution in [3.8, 4) is 34.3 Å². The third-order valence-electron chi connectivity index (χ3n) is 4.37. The Kier molecular flexibility index (Phi) is 5.38. The second-order valence-electron chi connectivity index (χ2n) is 6.28. The lowest BCUT2D eigenvalue weighted by Gasteiger charge is -2.09. The molecule has 31 heavy (non-hydrogen) atoms. The van der Waals surface area contributed by atoms with E-state index in [2.05, 4.69) is 29.5 Å². The van der Waals surface area contributed by atoms with E-state index in [0.29, 0.717) is 22.5 Å². The van der Waals surface area contributed by atoms with E-state index < -0.39 is 0 Å². The Morgan fingerprint density at radius 3 is 2.55 bits per heavy atom. The first-order valence-corrected chi connectivity index (χ1v) is 10.8. The van der Waals surface area contributed by atoms with Crippen LogP contribution in [-0.4, -0.2) is 41.2 Å². The summed E-state index contributed by atoms with van der Waals surface area (Å²) in [6.45, 7) is 0. The van der Waals surface area contributed by atoms with Gasteiger partial charge in [-0.1, -0.05) is 30.3 Å². The van der Waals surface area contributed by atoms with E-state index in [9.17, 15) is 0 Å². The lowest BCUT2D eigenvalue weighted by Crippen LogP contribution is -2.01. The van der Waals surface area contributed by atoms with Crippen LogP contribution in [0.25, 0.3) is 28.6 Å². The van der Waals surface area contributed by atoms with E-state index in [1.807, 2.05) is 59.2 Å². The smallest absolute Gasteiger partial charge is 0.203 e. The van der Waals surface area contributed by atoms with Gasteiger partial charge in [0.1, 0.15) is 11.4 Å². The predicted octanol–water partition coefficient (Wildman–Crippen LogP) is 4.40. The highest BCUT2D eigenvalue weighted by Crippen LogP contribution is 2.34. The molecule has 0 radical (unpaired) electrons. The molecule has 0 saturated carbocycles. The van der Waals surface area contributed by atoms with Gasteiger partial charge >= 0.3 is 0 Å². The summed E-state index contributed by atoms with van der Waals surface area (Å²) in [7, 11) is 1.64. The van der Waals surface area contributed by atoms with Crippen molar-refractivity contribution in [2.75, 3.05) is 7.11 Å². The third kappa shape index (κ3) is 4.03. The molecule has 0 unspecified atom stereocenters. The van der Waals surface area contributed by atoms with Crippen molar-refractivity contribution in [1.82, 2.24) is 34.1 Å². The molecule has 8 nitrogen and oxygen atoms in total. The molecule has 3 aromatic heterocycles. The summed E-state index contributed by atoms with van der Waals surface area (Å²) >= 11 is 2.73. The van der Waals surface area contributed by atoms with Gasteiger partial charge in [0.2, 0.25) is 5.16 Å². The first kappa shape index (κ1) is 19.3. The zero-order valence-electron chi connectivity index (χ0n) is 16.3. The molecule has 0 atom stereocenters. The van der Waals surface area contributed by atoms with Crippen molar-refractivity contribution in [2.24, 2.45) is 0 Å². The maximum Gasteiger partial charge on any atom is 0.203 e. The van der Waals surface area contributed by atoms with Crippen LogP contribution in [0.2, 0.25) is 0 Å². The van der Waals surface area contributed by atoms with Gasteiger partial charge in [0.25, 0.3) is 0 Å². The molecule has 0 amide bonds. The quantitative estimate of drug-likeness (QED) is 0.380. The van der Waals surface area contributed by atoms with Gasteiger partial charge in [0, 0.05) is 18.0 Å².